The Balaban J connectivity index is 1.80. The van der Waals surface area contributed by atoms with Crippen LogP contribution in [0.5, 0.6) is 11.5 Å². The van der Waals surface area contributed by atoms with Crippen LogP contribution in [-0.4, -0.2) is 16.9 Å². The topological polar surface area (TPSA) is 36.3 Å². The molecule has 2 aromatic carbocycles. The molecule has 0 atom stereocenters. The smallest absolute Gasteiger partial charge is 0.416 e. The number of fused-ring (bicyclic) bond motifs is 3. The van der Waals surface area contributed by atoms with Crippen LogP contribution in [0.2, 0.25) is 0 Å². The number of methoxy groups -OCH3 is 1. The van der Waals surface area contributed by atoms with Gasteiger partial charge in [-0.3, -0.25) is 0 Å². The van der Waals surface area contributed by atoms with Gasteiger partial charge in [-0.05, 0) is 50.2 Å². The van der Waals surface area contributed by atoms with Gasteiger partial charge in [0.25, 0.3) is 0 Å². The van der Waals surface area contributed by atoms with Gasteiger partial charge < -0.3 is 9.47 Å². The number of alkyl halides is 3. The van der Waals surface area contributed by atoms with E-state index < -0.39 is 17.3 Å². The predicted octanol–water partition coefficient (Wildman–Crippen LogP) is 5.19. The SMILES string of the molecule is COc1ccc2c(c1)OC(C)(C)c1cn(-c3ccc(C(F)(F)F)cc3)nc1-2. The summed E-state index contributed by atoms with van der Waals surface area (Å²) in [5.74, 6) is 1.33. The molecule has 0 spiro atoms. The van der Waals surface area contributed by atoms with Gasteiger partial charge in [-0.25, -0.2) is 4.68 Å². The van der Waals surface area contributed by atoms with Gasteiger partial charge in [-0.2, -0.15) is 18.3 Å². The summed E-state index contributed by atoms with van der Waals surface area (Å²) in [7, 11) is 1.58. The Hall–Kier alpha value is -2.96. The lowest BCUT2D eigenvalue weighted by Gasteiger charge is -2.32. The van der Waals surface area contributed by atoms with Gasteiger partial charge in [0.2, 0.25) is 0 Å². The second-order valence-corrected chi connectivity index (χ2v) is 6.86. The van der Waals surface area contributed by atoms with Crippen LogP contribution in [0.3, 0.4) is 0 Å². The number of benzene rings is 2. The second kappa shape index (κ2) is 5.77. The van der Waals surface area contributed by atoms with Crippen molar-refractivity contribution in [2.75, 3.05) is 7.11 Å². The van der Waals surface area contributed by atoms with E-state index in [2.05, 4.69) is 5.10 Å². The van der Waals surface area contributed by atoms with Gasteiger partial charge in [-0.15, -0.1) is 0 Å². The molecule has 2 heterocycles. The van der Waals surface area contributed by atoms with E-state index in [1.165, 1.54) is 12.1 Å². The molecule has 1 aliphatic heterocycles. The standard InChI is InChI=1S/C20H17F3N2O2/c1-19(2)16-11-25(13-6-4-12(5-7-13)20(21,22)23)24-18(16)15-9-8-14(26-3)10-17(15)27-19/h4-11H,1-3H3. The van der Waals surface area contributed by atoms with Crippen molar-refractivity contribution in [2.45, 2.75) is 25.6 Å². The number of aromatic nitrogens is 2. The quantitative estimate of drug-likeness (QED) is 0.619. The van der Waals surface area contributed by atoms with E-state index in [9.17, 15) is 13.2 Å². The first-order valence-corrected chi connectivity index (χ1v) is 8.34. The number of nitrogens with zero attached hydrogens (tertiary/aromatic N) is 2. The van der Waals surface area contributed by atoms with Gasteiger partial charge >= 0.3 is 6.18 Å². The van der Waals surface area contributed by atoms with Crippen molar-refractivity contribution in [2.24, 2.45) is 0 Å². The third-order valence-corrected chi connectivity index (χ3v) is 4.63. The lowest BCUT2D eigenvalue weighted by atomic mass is 9.92. The fourth-order valence-corrected chi connectivity index (χ4v) is 3.19. The van der Waals surface area contributed by atoms with Crippen LogP contribution >= 0.6 is 0 Å². The number of hydrogen-bond donors (Lipinski definition) is 0. The molecule has 7 heteroatoms. The van der Waals surface area contributed by atoms with Crippen molar-refractivity contribution in [3.63, 3.8) is 0 Å². The molecule has 0 unspecified atom stereocenters. The summed E-state index contributed by atoms with van der Waals surface area (Å²) in [5, 5.41) is 4.62. The maximum atomic E-state index is 12.8. The molecule has 0 amide bonds. The molecule has 4 rings (SSSR count). The molecule has 1 aliphatic rings. The molecule has 0 bridgehead atoms. The molecular weight excluding hydrogens is 357 g/mol. The normalized spacial score (nSPS) is 14.9. The summed E-state index contributed by atoms with van der Waals surface area (Å²) in [6, 6.07) is 10.4. The number of rotatable bonds is 2. The zero-order valence-corrected chi connectivity index (χ0v) is 15.0. The van der Waals surface area contributed by atoms with Gasteiger partial charge in [0.1, 0.15) is 22.8 Å². The molecule has 1 aromatic heterocycles. The number of ether oxygens (including phenoxy) is 2. The largest absolute Gasteiger partial charge is 0.497 e. The van der Waals surface area contributed by atoms with E-state index in [-0.39, 0.29) is 0 Å². The Labute approximate surface area is 154 Å². The van der Waals surface area contributed by atoms with Crippen LogP contribution in [0.4, 0.5) is 13.2 Å². The number of halogens is 3. The van der Waals surface area contributed by atoms with Crippen molar-refractivity contribution in [1.29, 1.82) is 0 Å². The minimum Gasteiger partial charge on any atom is -0.497 e. The molecule has 140 valence electrons. The van der Waals surface area contributed by atoms with Gasteiger partial charge in [0.05, 0.1) is 18.4 Å². The van der Waals surface area contributed by atoms with Crippen molar-refractivity contribution in [3.8, 4) is 28.4 Å². The highest BCUT2D eigenvalue weighted by molar-refractivity contribution is 5.74. The average Bonchev–Trinajstić information content (AvgIpc) is 3.07. The lowest BCUT2D eigenvalue weighted by Crippen LogP contribution is -2.28. The van der Waals surface area contributed by atoms with Crippen molar-refractivity contribution in [3.05, 3.63) is 59.8 Å². The molecule has 0 fully saturated rings. The highest BCUT2D eigenvalue weighted by Crippen LogP contribution is 2.45. The first-order chi connectivity index (χ1) is 12.7. The fraction of sp³-hybridized carbons (Fsp3) is 0.250. The van der Waals surface area contributed by atoms with Crippen LogP contribution in [0, 0.1) is 0 Å². The maximum Gasteiger partial charge on any atom is 0.416 e. The molecular formula is C20H17F3N2O2. The van der Waals surface area contributed by atoms with E-state index in [1.807, 2.05) is 26.0 Å². The Morgan fingerprint density at radius 3 is 2.41 bits per heavy atom. The van der Waals surface area contributed by atoms with E-state index >= 15 is 0 Å². The zero-order valence-electron chi connectivity index (χ0n) is 15.0. The summed E-state index contributed by atoms with van der Waals surface area (Å²) >= 11 is 0. The van der Waals surface area contributed by atoms with E-state index in [0.717, 1.165) is 29.0 Å². The third kappa shape index (κ3) is 2.93. The highest BCUT2D eigenvalue weighted by atomic mass is 19.4. The summed E-state index contributed by atoms with van der Waals surface area (Å²) in [4.78, 5) is 0. The second-order valence-electron chi connectivity index (χ2n) is 6.86. The number of hydrogen-bond acceptors (Lipinski definition) is 3. The monoisotopic (exact) mass is 374 g/mol. The fourth-order valence-electron chi connectivity index (χ4n) is 3.19. The summed E-state index contributed by atoms with van der Waals surface area (Å²) in [6.07, 6.45) is -2.57. The molecule has 0 saturated carbocycles. The molecule has 0 aliphatic carbocycles. The van der Waals surface area contributed by atoms with E-state index in [1.54, 1.807) is 24.1 Å². The molecule has 4 nitrogen and oxygen atoms in total. The first kappa shape index (κ1) is 17.5. The Morgan fingerprint density at radius 2 is 1.78 bits per heavy atom. The predicted molar refractivity (Wildman–Crippen MR) is 94.2 cm³/mol. The van der Waals surface area contributed by atoms with Crippen LogP contribution in [0.1, 0.15) is 25.0 Å². The van der Waals surface area contributed by atoms with Gasteiger partial charge in [0, 0.05) is 23.4 Å². The first-order valence-electron chi connectivity index (χ1n) is 8.34. The summed E-state index contributed by atoms with van der Waals surface area (Å²) < 4.78 is 51.3. The van der Waals surface area contributed by atoms with Crippen LogP contribution < -0.4 is 9.47 Å². The molecule has 0 N–H and O–H groups in total. The lowest BCUT2D eigenvalue weighted by molar-refractivity contribution is -0.137. The van der Waals surface area contributed by atoms with Gasteiger partial charge in [0.15, 0.2) is 0 Å². The maximum absolute atomic E-state index is 12.8. The van der Waals surface area contributed by atoms with Gasteiger partial charge in [-0.1, -0.05) is 0 Å². The zero-order chi connectivity index (χ0) is 19.4. The van der Waals surface area contributed by atoms with Crippen molar-refractivity contribution in [1.82, 2.24) is 9.78 Å². The molecule has 3 aromatic rings. The third-order valence-electron chi connectivity index (χ3n) is 4.63. The molecule has 0 saturated heterocycles. The minimum atomic E-state index is -4.37. The Kier molecular flexibility index (Phi) is 3.73. The summed E-state index contributed by atoms with van der Waals surface area (Å²) in [6.45, 7) is 3.85. The molecule has 27 heavy (non-hydrogen) atoms. The Bertz CT molecular complexity index is 1010. The van der Waals surface area contributed by atoms with E-state index in [4.69, 9.17) is 9.47 Å². The van der Waals surface area contributed by atoms with E-state index in [0.29, 0.717) is 17.2 Å². The highest BCUT2D eigenvalue weighted by Gasteiger charge is 2.36. The van der Waals surface area contributed by atoms with Crippen LogP contribution in [0.25, 0.3) is 16.9 Å². The molecule has 0 radical (unpaired) electrons. The minimum absolute atomic E-state index is 0.545. The van der Waals surface area contributed by atoms with Crippen LogP contribution in [-0.2, 0) is 11.8 Å². The van der Waals surface area contributed by atoms with Crippen molar-refractivity contribution < 1.29 is 22.6 Å². The summed E-state index contributed by atoms with van der Waals surface area (Å²) in [5.41, 5.74) is 1.63. The van der Waals surface area contributed by atoms with Crippen molar-refractivity contribution >= 4 is 0 Å². The van der Waals surface area contributed by atoms with Crippen LogP contribution in [0.15, 0.2) is 48.7 Å². The Morgan fingerprint density at radius 1 is 1.07 bits per heavy atom. The average molecular weight is 374 g/mol.